The van der Waals surface area contributed by atoms with Crippen molar-refractivity contribution in [3.8, 4) is 11.1 Å². The Labute approximate surface area is 186 Å². The molecule has 166 valence electrons. The monoisotopic (exact) mass is 434 g/mol. The molecule has 2 fully saturated rings. The molecule has 2 saturated heterocycles. The van der Waals surface area contributed by atoms with Crippen LogP contribution in [-0.2, 0) is 4.74 Å². The number of pyridine rings is 1. The van der Waals surface area contributed by atoms with E-state index in [-0.39, 0.29) is 17.6 Å². The molecule has 32 heavy (non-hydrogen) atoms. The number of rotatable bonds is 4. The van der Waals surface area contributed by atoms with Crippen LogP contribution in [0.25, 0.3) is 11.1 Å². The molecule has 0 spiro atoms. The van der Waals surface area contributed by atoms with Crippen LogP contribution >= 0.6 is 0 Å². The molecule has 0 aromatic carbocycles. The molecule has 5 rings (SSSR count). The quantitative estimate of drug-likeness (QED) is 0.618. The molecule has 9 heteroatoms. The summed E-state index contributed by atoms with van der Waals surface area (Å²) < 4.78 is 10.7. The van der Waals surface area contributed by atoms with E-state index in [1.165, 1.54) is 0 Å². The average molecular weight is 435 g/mol. The molecule has 2 aliphatic rings. The van der Waals surface area contributed by atoms with Gasteiger partial charge in [0.15, 0.2) is 0 Å². The molecular formula is C23H26N6O3. The van der Waals surface area contributed by atoms with Crippen LogP contribution in [0.2, 0.25) is 0 Å². The van der Waals surface area contributed by atoms with Crippen molar-refractivity contribution >= 4 is 11.9 Å². The number of aryl methyl sites for hydroxylation is 1. The van der Waals surface area contributed by atoms with Crippen LogP contribution in [0.1, 0.15) is 40.7 Å². The minimum Gasteiger partial charge on any atom is -0.378 e. The molecule has 0 aliphatic carbocycles. The van der Waals surface area contributed by atoms with Gasteiger partial charge < -0.3 is 19.1 Å². The van der Waals surface area contributed by atoms with Crippen LogP contribution in [0.15, 0.2) is 41.3 Å². The number of anilines is 1. The highest BCUT2D eigenvalue weighted by molar-refractivity contribution is 5.91. The number of hydrogen-bond donors (Lipinski definition) is 0. The Balaban J connectivity index is 1.47. The molecule has 0 bridgehead atoms. The molecule has 0 radical (unpaired) electrons. The zero-order chi connectivity index (χ0) is 21.9. The second kappa shape index (κ2) is 9.04. The van der Waals surface area contributed by atoms with Crippen molar-refractivity contribution in [2.24, 2.45) is 0 Å². The summed E-state index contributed by atoms with van der Waals surface area (Å²) in [6, 6.07) is 5.63. The number of carbonyl (C=O) groups excluding carboxylic acids is 1. The fourth-order valence-corrected chi connectivity index (χ4v) is 4.37. The summed E-state index contributed by atoms with van der Waals surface area (Å²) in [4.78, 5) is 30.8. The van der Waals surface area contributed by atoms with Gasteiger partial charge in [0.05, 0.1) is 24.6 Å². The number of ether oxygens (including phenoxy) is 1. The van der Waals surface area contributed by atoms with Gasteiger partial charge in [-0.2, -0.15) is 0 Å². The number of morpholine rings is 1. The predicted octanol–water partition coefficient (Wildman–Crippen LogP) is 2.69. The molecule has 0 saturated carbocycles. The highest BCUT2D eigenvalue weighted by Gasteiger charge is 2.30. The fraction of sp³-hybridized carbons (Fsp3) is 0.435. The van der Waals surface area contributed by atoms with E-state index in [1.807, 2.05) is 30.2 Å². The van der Waals surface area contributed by atoms with Crippen molar-refractivity contribution in [2.45, 2.75) is 25.7 Å². The lowest BCUT2D eigenvalue weighted by Gasteiger charge is -2.33. The van der Waals surface area contributed by atoms with Gasteiger partial charge in [-0.1, -0.05) is 5.16 Å². The van der Waals surface area contributed by atoms with Crippen LogP contribution in [0.5, 0.6) is 0 Å². The number of nitrogens with zero attached hydrogens (tertiary/aromatic N) is 6. The number of carbonyl (C=O) groups is 1. The van der Waals surface area contributed by atoms with Crippen LogP contribution < -0.4 is 4.90 Å². The number of piperidine rings is 1. The predicted molar refractivity (Wildman–Crippen MR) is 117 cm³/mol. The Morgan fingerprint density at radius 1 is 1.16 bits per heavy atom. The van der Waals surface area contributed by atoms with Gasteiger partial charge in [0.2, 0.25) is 11.7 Å². The van der Waals surface area contributed by atoms with Crippen molar-refractivity contribution < 1.29 is 14.1 Å². The smallest absolute Gasteiger partial charge is 0.292 e. The first-order chi connectivity index (χ1) is 15.7. The molecule has 1 atom stereocenters. The maximum atomic E-state index is 13.0. The van der Waals surface area contributed by atoms with E-state index >= 15 is 0 Å². The van der Waals surface area contributed by atoms with Gasteiger partial charge in [0.25, 0.3) is 5.91 Å². The van der Waals surface area contributed by atoms with E-state index in [2.05, 4.69) is 20.0 Å². The molecule has 2 aliphatic heterocycles. The van der Waals surface area contributed by atoms with Gasteiger partial charge >= 0.3 is 0 Å². The summed E-state index contributed by atoms with van der Waals surface area (Å²) in [7, 11) is 0. The summed E-state index contributed by atoms with van der Waals surface area (Å²) in [5.74, 6) is 0.982. The second-order valence-electron chi connectivity index (χ2n) is 8.23. The first-order valence-electron chi connectivity index (χ1n) is 11.0. The molecule has 3 aromatic heterocycles. The number of amides is 1. The highest BCUT2D eigenvalue weighted by atomic mass is 16.5. The third-order valence-electron chi connectivity index (χ3n) is 6.02. The summed E-state index contributed by atoms with van der Waals surface area (Å²) >= 11 is 0. The van der Waals surface area contributed by atoms with Crippen molar-refractivity contribution in [3.63, 3.8) is 0 Å². The summed E-state index contributed by atoms with van der Waals surface area (Å²) in [6.45, 7) is 5.98. The van der Waals surface area contributed by atoms with Crippen molar-refractivity contribution in [2.75, 3.05) is 44.3 Å². The largest absolute Gasteiger partial charge is 0.378 e. The van der Waals surface area contributed by atoms with Crippen LogP contribution in [-0.4, -0.2) is 70.3 Å². The first-order valence-corrected chi connectivity index (χ1v) is 11.0. The minimum absolute atomic E-state index is 0.0997. The third kappa shape index (κ3) is 4.20. The fourth-order valence-electron chi connectivity index (χ4n) is 4.37. The van der Waals surface area contributed by atoms with Gasteiger partial charge in [-0.25, -0.2) is 9.97 Å². The standard InChI is InChI=1S/C23H26N6O3/c1-16-13-20(32-27-16)22(30)29-8-2-3-18(15-29)21-19(17-4-6-24-7-5-17)14-25-23(26-21)28-9-11-31-12-10-28/h4-7,13-14,18H,2-3,8-12,15H2,1H3. The molecule has 1 unspecified atom stereocenters. The molecule has 0 N–H and O–H groups in total. The average Bonchev–Trinajstić information content (AvgIpc) is 3.30. The topological polar surface area (TPSA) is 97.5 Å². The maximum Gasteiger partial charge on any atom is 0.292 e. The van der Waals surface area contributed by atoms with Crippen molar-refractivity contribution in [1.29, 1.82) is 0 Å². The Kier molecular flexibility index (Phi) is 5.81. The Bertz CT molecular complexity index is 1080. The molecular weight excluding hydrogens is 408 g/mol. The SMILES string of the molecule is Cc1cc(C(=O)N2CCCC(c3nc(N4CCOCC4)ncc3-c3ccncc3)C2)on1. The number of aromatic nitrogens is 4. The summed E-state index contributed by atoms with van der Waals surface area (Å²) in [5, 5.41) is 3.86. The Hall–Kier alpha value is -3.33. The van der Waals surface area contributed by atoms with Gasteiger partial charge in [0, 0.05) is 62.3 Å². The van der Waals surface area contributed by atoms with Crippen LogP contribution in [0.3, 0.4) is 0 Å². The molecule has 9 nitrogen and oxygen atoms in total. The lowest BCUT2D eigenvalue weighted by Crippen LogP contribution is -2.40. The first kappa shape index (κ1) is 20.6. The highest BCUT2D eigenvalue weighted by Crippen LogP contribution is 2.34. The van der Waals surface area contributed by atoms with E-state index in [0.717, 1.165) is 48.7 Å². The van der Waals surface area contributed by atoms with Gasteiger partial charge in [0.1, 0.15) is 0 Å². The van der Waals surface area contributed by atoms with Crippen molar-refractivity contribution in [1.82, 2.24) is 25.0 Å². The molecule has 5 heterocycles. The van der Waals surface area contributed by atoms with Gasteiger partial charge in [-0.15, -0.1) is 0 Å². The van der Waals surface area contributed by atoms with E-state index in [9.17, 15) is 4.79 Å². The van der Waals surface area contributed by atoms with Gasteiger partial charge in [-0.3, -0.25) is 9.78 Å². The van der Waals surface area contributed by atoms with Crippen molar-refractivity contribution in [3.05, 3.63) is 53.9 Å². The molecule has 3 aromatic rings. The van der Waals surface area contributed by atoms with E-state index in [1.54, 1.807) is 18.5 Å². The van der Waals surface area contributed by atoms with E-state index < -0.39 is 0 Å². The number of likely N-dealkylation sites (tertiary alicyclic amines) is 1. The lowest BCUT2D eigenvalue weighted by atomic mass is 9.90. The maximum absolute atomic E-state index is 13.0. The zero-order valence-electron chi connectivity index (χ0n) is 18.1. The Morgan fingerprint density at radius 2 is 1.97 bits per heavy atom. The molecule has 1 amide bonds. The summed E-state index contributed by atoms with van der Waals surface area (Å²) in [6.07, 6.45) is 7.31. The third-order valence-corrected chi connectivity index (χ3v) is 6.02. The summed E-state index contributed by atoms with van der Waals surface area (Å²) in [5.41, 5.74) is 3.68. The Morgan fingerprint density at radius 3 is 2.72 bits per heavy atom. The lowest BCUT2D eigenvalue weighted by molar-refractivity contribution is 0.0664. The van der Waals surface area contributed by atoms with Crippen LogP contribution in [0, 0.1) is 6.92 Å². The van der Waals surface area contributed by atoms with Crippen LogP contribution in [0.4, 0.5) is 5.95 Å². The minimum atomic E-state index is -0.122. The normalized spacial score (nSPS) is 19.2. The van der Waals surface area contributed by atoms with E-state index in [0.29, 0.717) is 32.0 Å². The van der Waals surface area contributed by atoms with Gasteiger partial charge in [-0.05, 0) is 37.5 Å². The second-order valence-corrected chi connectivity index (χ2v) is 8.23. The zero-order valence-corrected chi connectivity index (χ0v) is 18.1. The van der Waals surface area contributed by atoms with E-state index in [4.69, 9.17) is 14.2 Å². The number of hydrogen-bond acceptors (Lipinski definition) is 8.